The molecule has 1 saturated heterocycles. The molecule has 2 atom stereocenters. The highest BCUT2D eigenvalue weighted by molar-refractivity contribution is 4.98. The van der Waals surface area contributed by atoms with Crippen molar-refractivity contribution in [2.45, 2.75) is 44.8 Å². The van der Waals surface area contributed by atoms with Crippen molar-refractivity contribution < 1.29 is 4.74 Å². The molecular formula is C14H23N3O. The molecule has 18 heavy (non-hydrogen) atoms. The lowest BCUT2D eigenvalue weighted by molar-refractivity contribution is -0.0370. The second-order valence-electron chi connectivity index (χ2n) is 5.83. The smallest absolute Gasteiger partial charge is 0.120 e. The molecule has 4 heteroatoms. The Bertz CT molecular complexity index is 378. The number of aromatic amines is 1. The topological polar surface area (TPSA) is 41.1 Å². The highest BCUT2D eigenvalue weighted by Gasteiger charge is 2.45. The third-order valence-corrected chi connectivity index (χ3v) is 4.72. The van der Waals surface area contributed by atoms with E-state index in [-0.39, 0.29) is 0 Å². The van der Waals surface area contributed by atoms with E-state index in [1.807, 2.05) is 19.5 Å². The molecule has 3 rings (SSSR count). The van der Waals surface area contributed by atoms with Crippen LogP contribution in [0.3, 0.4) is 0 Å². The van der Waals surface area contributed by atoms with Crippen molar-refractivity contribution in [2.24, 2.45) is 5.41 Å². The first kappa shape index (κ1) is 12.2. The van der Waals surface area contributed by atoms with Gasteiger partial charge in [-0.3, -0.25) is 4.90 Å². The molecule has 1 saturated carbocycles. The van der Waals surface area contributed by atoms with Crippen LogP contribution in [-0.4, -0.2) is 41.2 Å². The van der Waals surface area contributed by atoms with E-state index in [2.05, 4.69) is 14.9 Å². The SMILES string of the molecule is CO[C@@H]1CCC[C@]12CCCN(Cc1ncc[nH]1)C2. The molecule has 1 aromatic rings. The largest absolute Gasteiger partial charge is 0.381 e. The van der Waals surface area contributed by atoms with Crippen LogP contribution >= 0.6 is 0 Å². The predicted molar refractivity (Wildman–Crippen MR) is 70.2 cm³/mol. The number of H-pyrrole nitrogens is 1. The van der Waals surface area contributed by atoms with Crippen molar-refractivity contribution >= 4 is 0 Å². The van der Waals surface area contributed by atoms with Crippen molar-refractivity contribution in [1.29, 1.82) is 0 Å². The van der Waals surface area contributed by atoms with E-state index in [1.54, 1.807) is 0 Å². The Hall–Kier alpha value is -0.870. The maximum absolute atomic E-state index is 5.74. The summed E-state index contributed by atoms with van der Waals surface area (Å²) in [5, 5.41) is 0. The fourth-order valence-corrected chi connectivity index (χ4v) is 3.93. The Balaban J connectivity index is 1.68. The van der Waals surface area contributed by atoms with Gasteiger partial charge in [-0.25, -0.2) is 4.98 Å². The molecule has 0 aromatic carbocycles. The van der Waals surface area contributed by atoms with E-state index in [0.717, 1.165) is 12.4 Å². The summed E-state index contributed by atoms with van der Waals surface area (Å²) < 4.78 is 5.74. The van der Waals surface area contributed by atoms with Crippen LogP contribution in [0.1, 0.15) is 37.9 Å². The predicted octanol–water partition coefficient (Wildman–Crippen LogP) is 2.19. The monoisotopic (exact) mass is 249 g/mol. The maximum atomic E-state index is 5.74. The summed E-state index contributed by atoms with van der Waals surface area (Å²) in [6, 6.07) is 0. The summed E-state index contributed by atoms with van der Waals surface area (Å²) in [6.07, 6.45) is 10.7. The molecule has 2 heterocycles. The molecule has 1 spiro atoms. The quantitative estimate of drug-likeness (QED) is 0.892. The standard InChI is InChI=1S/C14H23N3O/c1-18-12-4-2-5-14(12)6-3-9-17(11-14)10-13-15-7-8-16-13/h7-8,12H,2-6,9-11H2,1H3,(H,15,16)/t12-,14-/m1/s1. The van der Waals surface area contributed by atoms with Gasteiger partial charge >= 0.3 is 0 Å². The van der Waals surface area contributed by atoms with Crippen LogP contribution in [0.4, 0.5) is 0 Å². The van der Waals surface area contributed by atoms with Crippen LogP contribution in [0.25, 0.3) is 0 Å². The van der Waals surface area contributed by atoms with Gasteiger partial charge in [-0.1, -0.05) is 6.42 Å². The lowest BCUT2D eigenvalue weighted by atomic mass is 9.76. The molecule has 0 unspecified atom stereocenters. The Labute approximate surface area is 109 Å². The van der Waals surface area contributed by atoms with E-state index in [9.17, 15) is 0 Å². The zero-order valence-electron chi connectivity index (χ0n) is 11.2. The van der Waals surface area contributed by atoms with Gasteiger partial charge in [0.25, 0.3) is 0 Å². The molecule has 4 nitrogen and oxygen atoms in total. The van der Waals surface area contributed by atoms with Gasteiger partial charge in [-0.15, -0.1) is 0 Å². The number of hydrogen-bond donors (Lipinski definition) is 1. The fraction of sp³-hybridized carbons (Fsp3) is 0.786. The van der Waals surface area contributed by atoms with Crippen molar-refractivity contribution in [3.05, 3.63) is 18.2 Å². The zero-order valence-corrected chi connectivity index (χ0v) is 11.2. The van der Waals surface area contributed by atoms with E-state index in [0.29, 0.717) is 11.5 Å². The zero-order chi connectivity index (χ0) is 12.4. The molecular weight excluding hydrogens is 226 g/mol. The number of aromatic nitrogens is 2. The average molecular weight is 249 g/mol. The van der Waals surface area contributed by atoms with Crippen LogP contribution in [-0.2, 0) is 11.3 Å². The van der Waals surface area contributed by atoms with Gasteiger partial charge in [0.1, 0.15) is 5.82 Å². The van der Waals surface area contributed by atoms with Gasteiger partial charge in [0.2, 0.25) is 0 Å². The Kier molecular flexibility index (Phi) is 3.39. The number of piperidine rings is 1. The number of rotatable bonds is 3. The normalized spacial score (nSPS) is 33.3. The van der Waals surface area contributed by atoms with Crippen molar-refractivity contribution in [3.8, 4) is 0 Å². The van der Waals surface area contributed by atoms with E-state index in [1.165, 1.54) is 45.2 Å². The minimum Gasteiger partial charge on any atom is -0.381 e. The lowest BCUT2D eigenvalue weighted by Crippen LogP contribution is -2.47. The highest BCUT2D eigenvalue weighted by atomic mass is 16.5. The van der Waals surface area contributed by atoms with Gasteiger partial charge < -0.3 is 9.72 Å². The molecule has 1 aliphatic heterocycles. The number of nitrogens with one attached hydrogen (secondary N) is 1. The Morgan fingerprint density at radius 2 is 2.39 bits per heavy atom. The third-order valence-electron chi connectivity index (χ3n) is 4.72. The highest BCUT2D eigenvalue weighted by Crippen LogP contribution is 2.46. The first-order valence-corrected chi connectivity index (χ1v) is 7.06. The molecule has 0 radical (unpaired) electrons. The lowest BCUT2D eigenvalue weighted by Gasteiger charge is -2.43. The van der Waals surface area contributed by atoms with Crippen molar-refractivity contribution in [1.82, 2.24) is 14.9 Å². The summed E-state index contributed by atoms with van der Waals surface area (Å²) in [7, 11) is 1.88. The third kappa shape index (κ3) is 2.19. The van der Waals surface area contributed by atoms with Crippen LogP contribution in [0.15, 0.2) is 12.4 Å². The summed E-state index contributed by atoms with van der Waals surface area (Å²) in [5.41, 5.74) is 0.416. The van der Waals surface area contributed by atoms with Crippen molar-refractivity contribution in [2.75, 3.05) is 20.2 Å². The number of methoxy groups -OCH3 is 1. The Morgan fingerprint density at radius 1 is 1.50 bits per heavy atom. The molecule has 100 valence electrons. The van der Waals surface area contributed by atoms with E-state index < -0.39 is 0 Å². The van der Waals surface area contributed by atoms with Gasteiger partial charge in [-0.2, -0.15) is 0 Å². The molecule has 1 aliphatic carbocycles. The number of likely N-dealkylation sites (tertiary alicyclic amines) is 1. The summed E-state index contributed by atoms with van der Waals surface area (Å²) in [4.78, 5) is 10.1. The average Bonchev–Trinajstić information content (AvgIpc) is 3.00. The van der Waals surface area contributed by atoms with Crippen LogP contribution in [0.5, 0.6) is 0 Å². The maximum Gasteiger partial charge on any atom is 0.120 e. The van der Waals surface area contributed by atoms with E-state index >= 15 is 0 Å². The fourth-order valence-electron chi connectivity index (χ4n) is 3.93. The Morgan fingerprint density at radius 3 is 3.17 bits per heavy atom. The summed E-state index contributed by atoms with van der Waals surface area (Å²) in [5.74, 6) is 1.08. The van der Waals surface area contributed by atoms with Gasteiger partial charge in [0.15, 0.2) is 0 Å². The first-order valence-electron chi connectivity index (χ1n) is 7.06. The molecule has 1 aromatic heterocycles. The number of imidazole rings is 1. The number of nitrogens with zero attached hydrogens (tertiary/aromatic N) is 2. The molecule has 2 aliphatic rings. The summed E-state index contributed by atoms with van der Waals surface area (Å²) in [6.45, 7) is 3.32. The minimum absolute atomic E-state index is 0.416. The number of hydrogen-bond acceptors (Lipinski definition) is 3. The molecule has 1 N–H and O–H groups in total. The minimum atomic E-state index is 0.416. The van der Waals surface area contributed by atoms with Crippen LogP contribution < -0.4 is 0 Å². The molecule has 2 fully saturated rings. The van der Waals surface area contributed by atoms with Gasteiger partial charge in [0, 0.05) is 31.5 Å². The van der Waals surface area contributed by atoms with Gasteiger partial charge in [0.05, 0.1) is 12.6 Å². The van der Waals surface area contributed by atoms with Crippen LogP contribution in [0, 0.1) is 5.41 Å². The molecule has 0 bridgehead atoms. The summed E-state index contributed by atoms with van der Waals surface area (Å²) >= 11 is 0. The van der Waals surface area contributed by atoms with Gasteiger partial charge in [-0.05, 0) is 32.2 Å². The second-order valence-corrected chi connectivity index (χ2v) is 5.83. The van der Waals surface area contributed by atoms with Crippen LogP contribution in [0.2, 0.25) is 0 Å². The van der Waals surface area contributed by atoms with E-state index in [4.69, 9.17) is 4.74 Å². The molecule has 0 amide bonds. The number of ether oxygens (including phenoxy) is 1. The van der Waals surface area contributed by atoms with Crippen molar-refractivity contribution in [3.63, 3.8) is 0 Å². The first-order chi connectivity index (χ1) is 8.82. The second kappa shape index (κ2) is 5.02.